The molecule has 0 saturated heterocycles. The van der Waals surface area contributed by atoms with Crippen LogP contribution in [0, 0.1) is 0 Å². The fourth-order valence-electron chi connectivity index (χ4n) is 2.84. The molecule has 21 heavy (non-hydrogen) atoms. The van der Waals surface area contributed by atoms with Crippen LogP contribution in [0.2, 0.25) is 0 Å². The summed E-state index contributed by atoms with van der Waals surface area (Å²) in [6.07, 6.45) is 8.17. The number of ether oxygens (including phenoxy) is 1. The highest BCUT2D eigenvalue weighted by Crippen LogP contribution is 2.35. The summed E-state index contributed by atoms with van der Waals surface area (Å²) in [4.78, 5) is 1.34. The smallest absolute Gasteiger partial charge is 0.133 e. The van der Waals surface area contributed by atoms with E-state index in [0.29, 0.717) is 0 Å². The van der Waals surface area contributed by atoms with Gasteiger partial charge >= 0.3 is 0 Å². The van der Waals surface area contributed by atoms with Gasteiger partial charge in [0.2, 0.25) is 0 Å². The highest BCUT2D eigenvalue weighted by molar-refractivity contribution is 7.10. The molecule has 1 aromatic carbocycles. The molecule has 1 aliphatic carbocycles. The second kappa shape index (κ2) is 6.95. The molecule has 110 valence electrons. The molecule has 0 fully saturated rings. The van der Waals surface area contributed by atoms with Gasteiger partial charge in [0.1, 0.15) is 11.9 Å². The number of benzene rings is 1. The van der Waals surface area contributed by atoms with Gasteiger partial charge in [-0.2, -0.15) is 0 Å². The number of thiophene rings is 1. The van der Waals surface area contributed by atoms with Crippen molar-refractivity contribution in [1.29, 1.82) is 0 Å². The van der Waals surface area contributed by atoms with Crippen LogP contribution in [-0.4, -0.2) is 0 Å². The normalized spacial score (nSPS) is 15.2. The van der Waals surface area contributed by atoms with E-state index in [4.69, 9.17) is 4.74 Å². The summed E-state index contributed by atoms with van der Waals surface area (Å²) in [5.41, 5.74) is 2.69. The first-order valence-electron chi connectivity index (χ1n) is 7.87. The lowest BCUT2D eigenvalue weighted by Gasteiger charge is -2.24. The molecule has 0 amide bonds. The van der Waals surface area contributed by atoms with Crippen molar-refractivity contribution < 1.29 is 4.74 Å². The maximum Gasteiger partial charge on any atom is 0.133 e. The molecule has 0 bridgehead atoms. The van der Waals surface area contributed by atoms with Gasteiger partial charge in [0.05, 0.1) is 0 Å². The Morgan fingerprint density at radius 1 is 1.19 bits per heavy atom. The van der Waals surface area contributed by atoms with E-state index in [1.165, 1.54) is 28.8 Å². The third kappa shape index (κ3) is 3.38. The Labute approximate surface area is 131 Å². The molecule has 1 nitrogen and oxygen atoms in total. The summed E-state index contributed by atoms with van der Waals surface area (Å²) < 4.78 is 6.44. The van der Waals surface area contributed by atoms with E-state index < -0.39 is 0 Å². The van der Waals surface area contributed by atoms with Crippen LogP contribution in [0.4, 0.5) is 0 Å². The van der Waals surface area contributed by atoms with Crippen LogP contribution in [0.3, 0.4) is 0 Å². The molecule has 0 unspecified atom stereocenters. The Bertz CT molecular complexity index is 598. The number of allylic oxidation sites excluding steroid dienone is 1. The first-order valence-corrected chi connectivity index (χ1v) is 8.75. The Morgan fingerprint density at radius 3 is 2.90 bits per heavy atom. The third-order valence-electron chi connectivity index (χ3n) is 3.98. The van der Waals surface area contributed by atoms with Gasteiger partial charge in [-0.05, 0) is 48.8 Å². The van der Waals surface area contributed by atoms with E-state index >= 15 is 0 Å². The van der Waals surface area contributed by atoms with E-state index in [2.05, 4.69) is 54.8 Å². The summed E-state index contributed by atoms with van der Waals surface area (Å²) >= 11 is 1.80. The van der Waals surface area contributed by atoms with Gasteiger partial charge in [-0.3, -0.25) is 0 Å². The number of rotatable bonds is 6. The monoisotopic (exact) mass is 298 g/mol. The lowest BCUT2D eigenvalue weighted by atomic mass is 9.96. The number of aryl methyl sites for hydroxylation is 1. The van der Waals surface area contributed by atoms with Gasteiger partial charge in [-0.15, -0.1) is 11.3 Å². The van der Waals surface area contributed by atoms with Gasteiger partial charge in [0.25, 0.3) is 0 Å². The molecule has 2 heteroatoms. The van der Waals surface area contributed by atoms with Crippen molar-refractivity contribution in [2.45, 2.75) is 45.1 Å². The Kier molecular flexibility index (Phi) is 4.76. The maximum atomic E-state index is 6.44. The van der Waals surface area contributed by atoms with E-state index in [1.54, 1.807) is 11.3 Å². The Hall–Kier alpha value is -1.54. The molecule has 1 heterocycles. The van der Waals surface area contributed by atoms with Crippen LogP contribution in [0.25, 0.3) is 5.76 Å². The molecule has 1 aromatic heterocycles. The summed E-state index contributed by atoms with van der Waals surface area (Å²) in [5.74, 6) is 1.08. The zero-order valence-electron chi connectivity index (χ0n) is 12.5. The van der Waals surface area contributed by atoms with Crippen LogP contribution in [0.15, 0.2) is 47.9 Å². The van der Waals surface area contributed by atoms with Crippen LogP contribution >= 0.6 is 11.3 Å². The molecule has 0 spiro atoms. The predicted molar refractivity (Wildman–Crippen MR) is 90.4 cm³/mol. The van der Waals surface area contributed by atoms with Gasteiger partial charge in [-0.25, -0.2) is 0 Å². The predicted octanol–water partition coefficient (Wildman–Crippen LogP) is 5.98. The van der Waals surface area contributed by atoms with E-state index in [0.717, 1.165) is 25.0 Å². The van der Waals surface area contributed by atoms with Gasteiger partial charge in [0.15, 0.2) is 0 Å². The lowest BCUT2D eigenvalue weighted by Crippen LogP contribution is -2.07. The minimum absolute atomic E-state index is 0.197. The summed E-state index contributed by atoms with van der Waals surface area (Å²) in [6, 6.07) is 12.9. The molecular formula is C19H22OS. The molecule has 0 aliphatic heterocycles. The van der Waals surface area contributed by atoms with Gasteiger partial charge in [-0.1, -0.05) is 43.7 Å². The van der Waals surface area contributed by atoms with Gasteiger partial charge in [0, 0.05) is 10.4 Å². The lowest BCUT2D eigenvalue weighted by molar-refractivity contribution is 0.158. The van der Waals surface area contributed by atoms with Crippen molar-refractivity contribution >= 4 is 17.1 Å². The molecule has 2 aromatic rings. The Morgan fingerprint density at radius 2 is 2.10 bits per heavy atom. The van der Waals surface area contributed by atoms with Crippen molar-refractivity contribution in [2.75, 3.05) is 0 Å². The Balaban J connectivity index is 1.81. The average molecular weight is 298 g/mol. The fourth-order valence-corrected chi connectivity index (χ4v) is 3.62. The van der Waals surface area contributed by atoms with Crippen LogP contribution in [0.5, 0.6) is 0 Å². The fraction of sp³-hybridized carbons (Fsp3) is 0.368. The third-order valence-corrected chi connectivity index (χ3v) is 4.94. The van der Waals surface area contributed by atoms with Crippen LogP contribution in [0.1, 0.15) is 54.7 Å². The van der Waals surface area contributed by atoms with Crippen molar-refractivity contribution in [3.8, 4) is 0 Å². The molecular weight excluding hydrogens is 276 g/mol. The zero-order valence-corrected chi connectivity index (χ0v) is 13.4. The molecule has 3 rings (SSSR count). The SMILES string of the molecule is CCCC[C@H](OC1=CCCc2ccccc21)c1cccs1. The largest absolute Gasteiger partial charge is 0.485 e. The van der Waals surface area contributed by atoms with E-state index in [9.17, 15) is 0 Å². The van der Waals surface area contributed by atoms with Crippen LogP contribution < -0.4 is 0 Å². The second-order valence-electron chi connectivity index (χ2n) is 5.53. The minimum Gasteiger partial charge on any atom is -0.485 e. The van der Waals surface area contributed by atoms with Crippen molar-refractivity contribution in [2.24, 2.45) is 0 Å². The van der Waals surface area contributed by atoms with E-state index in [-0.39, 0.29) is 6.10 Å². The summed E-state index contributed by atoms with van der Waals surface area (Å²) in [7, 11) is 0. The molecule has 0 radical (unpaired) electrons. The van der Waals surface area contributed by atoms with Gasteiger partial charge < -0.3 is 4.74 Å². The number of fused-ring (bicyclic) bond motifs is 1. The second-order valence-corrected chi connectivity index (χ2v) is 6.51. The molecule has 0 N–H and O–H groups in total. The standard InChI is InChI=1S/C19H22OS/c1-2-3-11-18(19-13-7-14-21-19)20-17-12-6-9-15-8-4-5-10-16(15)17/h4-5,7-8,10,12-14,18H,2-3,6,9,11H2,1H3/t18-/m0/s1. The highest BCUT2D eigenvalue weighted by Gasteiger charge is 2.19. The quantitative estimate of drug-likeness (QED) is 0.637. The number of hydrogen-bond acceptors (Lipinski definition) is 2. The number of hydrogen-bond donors (Lipinski definition) is 0. The minimum atomic E-state index is 0.197. The first-order chi connectivity index (χ1) is 10.4. The zero-order chi connectivity index (χ0) is 14.5. The summed E-state index contributed by atoms with van der Waals surface area (Å²) in [5, 5.41) is 2.14. The van der Waals surface area contributed by atoms with Crippen molar-refractivity contribution in [3.05, 3.63) is 63.9 Å². The van der Waals surface area contributed by atoms with Crippen molar-refractivity contribution in [3.63, 3.8) is 0 Å². The number of unbranched alkanes of at least 4 members (excludes halogenated alkanes) is 1. The molecule has 1 atom stereocenters. The first kappa shape index (κ1) is 14.4. The van der Waals surface area contributed by atoms with Crippen molar-refractivity contribution in [1.82, 2.24) is 0 Å². The topological polar surface area (TPSA) is 9.23 Å². The molecule has 0 saturated carbocycles. The average Bonchev–Trinajstić information content (AvgIpc) is 3.06. The highest BCUT2D eigenvalue weighted by atomic mass is 32.1. The van der Waals surface area contributed by atoms with E-state index in [1.807, 2.05) is 0 Å². The summed E-state index contributed by atoms with van der Waals surface area (Å²) in [6.45, 7) is 2.24. The molecule has 1 aliphatic rings. The van der Waals surface area contributed by atoms with Crippen LogP contribution in [-0.2, 0) is 11.2 Å². The maximum absolute atomic E-state index is 6.44.